The molecule has 1 aromatic heterocycles. The second-order valence-corrected chi connectivity index (χ2v) is 10.2. The van der Waals surface area contributed by atoms with E-state index >= 15 is 0 Å². The first kappa shape index (κ1) is 27.5. The van der Waals surface area contributed by atoms with Crippen molar-refractivity contribution in [3.8, 4) is 0 Å². The van der Waals surface area contributed by atoms with Crippen molar-refractivity contribution in [2.75, 3.05) is 14.1 Å². The van der Waals surface area contributed by atoms with Crippen LogP contribution >= 0.6 is 0 Å². The lowest BCUT2D eigenvalue weighted by Gasteiger charge is -2.19. The fourth-order valence-electron chi connectivity index (χ4n) is 4.54. The minimum atomic E-state index is -0.234. The number of aryl methyl sites for hydroxylation is 1. The molecule has 0 spiro atoms. The van der Waals surface area contributed by atoms with E-state index in [0.29, 0.717) is 5.82 Å². The number of carbonyl (C=O) groups is 1. The summed E-state index contributed by atoms with van der Waals surface area (Å²) in [5.74, 6) is 6.35. The van der Waals surface area contributed by atoms with Crippen molar-refractivity contribution in [3.05, 3.63) is 30.1 Å². The molecule has 0 radical (unpaired) electrons. The van der Waals surface area contributed by atoms with Crippen LogP contribution in [0.3, 0.4) is 0 Å². The lowest BCUT2D eigenvalue weighted by Crippen LogP contribution is -2.52. The van der Waals surface area contributed by atoms with Gasteiger partial charge in [0.05, 0.1) is 25.1 Å². The Kier molecular flexibility index (Phi) is 12.7. The first-order valence-electron chi connectivity index (χ1n) is 13.6. The molecule has 1 amide bonds. The van der Waals surface area contributed by atoms with Crippen molar-refractivity contribution in [3.63, 3.8) is 0 Å². The van der Waals surface area contributed by atoms with Gasteiger partial charge >= 0.3 is 5.91 Å². The van der Waals surface area contributed by atoms with Gasteiger partial charge in [-0.2, -0.15) is 10.4 Å². The molecule has 2 N–H and O–H groups in total. The van der Waals surface area contributed by atoms with Crippen LogP contribution in [0.2, 0.25) is 0 Å². The number of hydrogen-bond donors (Lipinski definition) is 1. The second-order valence-electron chi connectivity index (χ2n) is 10.2. The molecule has 0 aliphatic carbocycles. The Morgan fingerprint density at radius 2 is 1.24 bits per heavy atom. The van der Waals surface area contributed by atoms with E-state index in [9.17, 15) is 4.79 Å². The van der Waals surface area contributed by atoms with Crippen LogP contribution in [-0.2, 0) is 6.54 Å². The number of amides is 1. The van der Waals surface area contributed by atoms with Crippen LogP contribution in [0.1, 0.15) is 120 Å². The number of imidazole rings is 1. The molecule has 0 unspecified atom stereocenters. The van der Waals surface area contributed by atoms with Crippen LogP contribution in [-0.4, -0.2) is 34.1 Å². The van der Waals surface area contributed by atoms with E-state index in [4.69, 9.17) is 5.84 Å². The van der Waals surface area contributed by atoms with Crippen molar-refractivity contribution < 1.29 is 9.39 Å². The predicted octanol–water partition coefficient (Wildman–Crippen LogP) is 7.39. The Balaban J connectivity index is 1.57. The van der Waals surface area contributed by atoms with Gasteiger partial charge in [-0.05, 0) is 18.6 Å². The van der Waals surface area contributed by atoms with Gasteiger partial charge in [-0.15, -0.1) is 0 Å². The fourth-order valence-corrected chi connectivity index (χ4v) is 4.54. The lowest BCUT2D eigenvalue weighted by atomic mass is 10.0. The highest BCUT2D eigenvalue weighted by Crippen LogP contribution is 2.20. The van der Waals surface area contributed by atoms with E-state index in [0.717, 1.165) is 24.0 Å². The maximum Gasteiger partial charge on any atom is 0.400 e. The van der Waals surface area contributed by atoms with Gasteiger partial charge in [0.2, 0.25) is 5.82 Å². The summed E-state index contributed by atoms with van der Waals surface area (Å²) in [6.07, 6.45) is 21.7. The molecule has 0 aliphatic heterocycles. The summed E-state index contributed by atoms with van der Waals surface area (Å²) in [4.78, 5) is 17.4. The van der Waals surface area contributed by atoms with Gasteiger partial charge in [0.1, 0.15) is 0 Å². The average molecular weight is 458 g/mol. The highest BCUT2D eigenvalue weighted by atomic mass is 16.2. The normalized spacial score (nSPS) is 12.0. The largest absolute Gasteiger partial charge is 0.400 e. The van der Waals surface area contributed by atoms with E-state index in [-0.39, 0.29) is 10.5 Å². The van der Waals surface area contributed by atoms with Crippen molar-refractivity contribution in [2.45, 2.75) is 116 Å². The highest BCUT2D eigenvalue weighted by Gasteiger charge is 2.30. The Morgan fingerprint density at radius 3 is 1.73 bits per heavy atom. The van der Waals surface area contributed by atoms with Crippen molar-refractivity contribution in [2.24, 2.45) is 5.84 Å². The van der Waals surface area contributed by atoms with Crippen LogP contribution in [0.5, 0.6) is 0 Å². The van der Waals surface area contributed by atoms with Crippen LogP contribution in [0.4, 0.5) is 0 Å². The van der Waals surface area contributed by atoms with Crippen LogP contribution in [0.15, 0.2) is 24.3 Å². The van der Waals surface area contributed by atoms with Gasteiger partial charge in [0.15, 0.2) is 0 Å². The smallest absolute Gasteiger partial charge is 0.316 e. The number of nitrogens with zero attached hydrogens (tertiary/aromatic N) is 3. The van der Waals surface area contributed by atoms with Gasteiger partial charge in [-0.3, -0.25) is 0 Å². The zero-order valence-corrected chi connectivity index (χ0v) is 21.7. The van der Waals surface area contributed by atoms with Crippen molar-refractivity contribution in [1.82, 2.24) is 9.55 Å². The number of carbonyl (C=O) groups excluding carboxylic acids is 1. The Morgan fingerprint density at radius 1 is 0.788 bits per heavy atom. The van der Waals surface area contributed by atoms with E-state index in [1.165, 1.54) is 96.3 Å². The highest BCUT2D eigenvalue weighted by molar-refractivity contribution is 5.90. The quantitative estimate of drug-likeness (QED) is 0.0834. The summed E-state index contributed by atoms with van der Waals surface area (Å²) in [5.41, 5.74) is 1.89. The molecule has 0 bridgehead atoms. The summed E-state index contributed by atoms with van der Waals surface area (Å²) < 4.78 is 1.83. The Bertz CT molecular complexity index is 806. The number of benzene rings is 1. The fraction of sp³-hybridized carbons (Fsp3) is 0.714. The van der Waals surface area contributed by atoms with Gasteiger partial charge < -0.3 is 4.57 Å². The molecule has 0 saturated heterocycles. The molecule has 0 atom stereocenters. The topological polar surface area (TPSA) is 60.9 Å². The minimum Gasteiger partial charge on any atom is -0.316 e. The standard InChI is InChI=1S/C28H49N4O/c1-4-5-6-7-8-9-10-11-12-13-14-15-16-17-18-21-24-31-26-23-20-19-22-25(26)30-27(31)28(33)32(2,3)29/h19-20,22-23H,4-18,21,24,29H2,1-3H3/q+1. The van der Waals surface area contributed by atoms with Crippen LogP contribution in [0, 0.1) is 0 Å². The van der Waals surface area contributed by atoms with Crippen molar-refractivity contribution >= 4 is 16.9 Å². The summed E-state index contributed by atoms with van der Waals surface area (Å²) in [6.45, 7) is 3.10. The van der Waals surface area contributed by atoms with E-state index in [2.05, 4.69) is 16.5 Å². The summed E-state index contributed by atoms with van der Waals surface area (Å²) in [7, 11) is 3.39. The second kappa shape index (κ2) is 15.2. The average Bonchev–Trinajstić information content (AvgIpc) is 3.16. The maximum atomic E-state index is 12.8. The third kappa shape index (κ3) is 9.97. The van der Waals surface area contributed by atoms with Gasteiger partial charge in [-0.25, -0.2) is 9.78 Å². The number of para-hydroxylation sites is 2. The molecule has 2 aromatic rings. The monoisotopic (exact) mass is 457 g/mol. The van der Waals surface area contributed by atoms with Crippen molar-refractivity contribution in [1.29, 1.82) is 0 Å². The van der Waals surface area contributed by atoms with Crippen LogP contribution in [0.25, 0.3) is 11.0 Å². The molecule has 0 saturated carbocycles. The zero-order chi connectivity index (χ0) is 23.9. The summed E-state index contributed by atoms with van der Waals surface area (Å²) >= 11 is 0. The van der Waals surface area contributed by atoms with E-state index in [1.54, 1.807) is 14.1 Å². The summed E-state index contributed by atoms with van der Waals surface area (Å²) in [6, 6.07) is 7.98. The number of unbranched alkanes of at least 4 members (excludes halogenated alkanes) is 15. The number of nitrogens with two attached hydrogens (primary N) is 1. The first-order chi connectivity index (χ1) is 15.9. The van der Waals surface area contributed by atoms with Gasteiger partial charge in [0.25, 0.3) is 0 Å². The van der Waals surface area contributed by atoms with Gasteiger partial charge in [0, 0.05) is 6.54 Å². The molecular weight excluding hydrogens is 408 g/mol. The predicted molar refractivity (Wildman–Crippen MR) is 140 cm³/mol. The van der Waals surface area contributed by atoms with Gasteiger partial charge in [-0.1, -0.05) is 115 Å². The zero-order valence-electron chi connectivity index (χ0n) is 21.7. The molecule has 1 aromatic carbocycles. The molecule has 0 aliphatic rings. The van der Waals surface area contributed by atoms with E-state index < -0.39 is 0 Å². The molecular formula is C28H49N4O+. The molecule has 5 nitrogen and oxygen atoms in total. The summed E-state index contributed by atoms with van der Waals surface area (Å²) in [5, 5.41) is 0. The Labute approximate surface area is 202 Å². The maximum absolute atomic E-state index is 12.8. The number of fused-ring (bicyclic) bond motifs is 1. The molecule has 2 rings (SSSR count). The molecule has 33 heavy (non-hydrogen) atoms. The first-order valence-corrected chi connectivity index (χ1v) is 13.6. The minimum absolute atomic E-state index is 0.150. The molecule has 1 heterocycles. The van der Waals surface area contributed by atoms with E-state index in [1.807, 2.05) is 24.3 Å². The Hall–Kier alpha value is -1.72. The number of hydrogen-bond acceptors (Lipinski definition) is 3. The number of rotatable bonds is 18. The lowest BCUT2D eigenvalue weighted by molar-refractivity contribution is -0.820. The third-order valence-corrected chi connectivity index (χ3v) is 6.60. The molecule has 0 fully saturated rings. The number of quaternary nitrogens is 1. The number of aromatic nitrogens is 2. The van der Waals surface area contributed by atoms with Crippen LogP contribution < -0.4 is 5.84 Å². The molecule has 186 valence electrons. The SMILES string of the molecule is CCCCCCCCCCCCCCCCCCn1c(C(=O)[N+](C)(C)N)nc2ccccc21. The molecule has 5 heteroatoms. The third-order valence-electron chi connectivity index (χ3n) is 6.60.